The Bertz CT molecular complexity index is 720. The third kappa shape index (κ3) is 3.94. The molecule has 8 nitrogen and oxygen atoms in total. The first kappa shape index (κ1) is 15.3. The van der Waals surface area contributed by atoms with Gasteiger partial charge >= 0.3 is 5.82 Å². The van der Waals surface area contributed by atoms with Gasteiger partial charge in [0.25, 0.3) is 0 Å². The standard InChI is InChI=1S/C14H15N7O/c1-11-7-8-21(22)14(9-11)18-17-12-3-5-13(6-4-12)20(2)10-16-19-15/h3-9H,10H2,1-2H3. The Morgan fingerprint density at radius 2 is 1.95 bits per heavy atom. The van der Waals surface area contributed by atoms with Crippen molar-refractivity contribution in [3.05, 3.63) is 63.8 Å². The minimum Gasteiger partial charge on any atom is -0.710 e. The van der Waals surface area contributed by atoms with Gasteiger partial charge < -0.3 is 10.1 Å². The Labute approximate surface area is 127 Å². The van der Waals surface area contributed by atoms with Gasteiger partial charge in [-0.1, -0.05) is 5.11 Å². The lowest BCUT2D eigenvalue weighted by Gasteiger charge is -2.15. The lowest BCUT2D eigenvalue weighted by Crippen LogP contribution is -2.25. The molecule has 0 fully saturated rings. The number of pyridine rings is 1. The third-order valence-corrected chi connectivity index (χ3v) is 2.95. The van der Waals surface area contributed by atoms with Crippen molar-refractivity contribution in [3.63, 3.8) is 0 Å². The number of hydrogen-bond acceptors (Lipinski definition) is 5. The molecule has 0 N–H and O–H groups in total. The summed E-state index contributed by atoms with van der Waals surface area (Å²) in [5.41, 5.74) is 10.8. The minimum atomic E-state index is 0.240. The van der Waals surface area contributed by atoms with Crippen molar-refractivity contribution in [1.29, 1.82) is 0 Å². The Morgan fingerprint density at radius 3 is 2.64 bits per heavy atom. The van der Waals surface area contributed by atoms with E-state index < -0.39 is 0 Å². The van der Waals surface area contributed by atoms with Gasteiger partial charge in [0.1, 0.15) is 5.69 Å². The SMILES string of the molecule is Cc1cc[n+]([O-])c(N=Nc2ccc(N(C)CN=[N+]=[N-])cc2)c1. The van der Waals surface area contributed by atoms with Crippen LogP contribution in [0.4, 0.5) is 17.2 Å². The van der Waals surface area contributed by atoms with Gasteiger partial charge in [-0.2, -0.15) is 0 Å². The normalized spacial score (nSPS) is 10.5. The monoisotopic (exact) mass is 297 g/mol. The number of benzene rings is 1. The zero-order chi connectivity index (χ0) is 15.9. The van der Waals surface area contributed by atoms with Crippen molar-refractivity contribution >= 4 is 17.2 Å². The van der Waals surface area contributed by atoms with E-state index in [1.54, 1.807) is 29.2 Å². The Kier molecular flexibility index (Phi) is 4.89. The number of aromatic nitrogens is 1. The van der Waals surface area contributed by atoms with Crippen LogP contribution in [0.25, 0.3) is 10.4 Å². The fourth-order valence-corrected chi connectivity index (χ4v) is 1.74. The second-order valence-corrected chi connectivity index (χ2v) is 4.67. The third-order valence-electron chi connectivity index (χ3n) is 2.95. The van der Waals surface area contributed by atoms with Crippen molar-refractivity contribution in [2.45, 2.75) is 6.92 Å². The van der Waals surface area contributed by atoms with Crippen LogP contribution >= 0.6 is 0 Å². The highest BCUT2D eigenvalue weighted by atomic mass is 16.5. The quantitative estimate of drug-likeness (QED) is 0.276. The van der Waals surface area contributed by atoms with E-state index >= 15 is 0 Å². The lowest BCUT2D eigenvalue weighted by atomic mass is 10.3. The average Bonchev–Trinajstić information content (AvgIpc) is 2.54. The number of azo groups is 1. The highest BCUT2D eigenvalue weighted by Crippen LogP contribution is 2.20. The van der Waals surface area contributed by atoms with Crippen molar-refractivity contribution in [3.8, 4) is 0 Å². The molecule has 1 aromatic heterocycles. The van der Waals surface area contributed by atoms with E-state index in [-0.39, 0.29) is 12.5 Å². The molecule has 0 amide bonds. The largest absolute Gasteiger partial charge is 0.710 e. The molecule has 0 aliphatic rings. The zero-order valence-electron chi connectivity index (χ0n) is 12.3. The first-order valence-electron chi connectivity index (χ1n) is 6.54. The fourth-order valence-electron chi connectivity index (χ4n) is 1.74. The maximum Gasteiger partial charge on any atom is 0.353 e. The van der Waals surface area contributed by atoms with Crippen LogP contribution < -0.4 is 9.63 Å². The van der Waals surface area contributed by atoms with Gasteiger partial charge in [0, 0.05) is 23.7 Å². The van der Waals surface area contributed by atoms with Gasteiger partial charge in [0.15, 0.2) is 0 Å². The number of anilines is 1. The molecule has 0 unspecified atom stereocenters. The maximum atomic E-state index is 11.6. The van der Waals surface area contributed by atoms with Crippen molar-refractivity contribution in [2.75, 3.05) is 18.6 Å². The molecule has 0 aliphatic carbocycles. The predicted molar refractivity (Wildman–Crippen MR) is 83.2 cm³/mol. The van der Waals surface area contributed by atoms with E-state index in [0.29, 0.717) is 10.4 Å². The predicted octanol–water partition coefficient (Wildman–Crippen LogP) is 3.75. The van der Waals surface area contributed by atoms with Crippen LogP contribution in [0.1, 0.15) is 5.56 Å². The number of hydrogen-bond donors (Lipinski definition) is 0. The highest BCUT2D eigenvalue weighted by molar-refractivity contribution is 5.52. The maximum absolute atomic E-state index is 11.6. The van der Waals surface area contributed by atoms with Crippen molar-refractivity contribution in [1.82, 2.24) is 0 Å². The van der Waals surface area contributed by atoms with Crippen molar-refractivity contribution < 1.29 is 4.73 Å². The summed E-state index contributed by atoms with van der Waals surface area (Å²) in [4.78, 5) is 4.51. The molecular formula is C14H15N7O. The molecule has 0 saturated heterocycles. The molecule has 2 rings (SSSR count). The molecule has 1 aromatic carbocycles. The van der Waals surface area contributed by atoms with Crippen LogP contribution in [0.5, 0.6) is 0 Å². The summed E-state index contributed by atoms with van der Waals surface area (Å²) in [6.07, 6.45) is 1.40. The smallest absolute Gasteiger partial charge is 0.353 e. The van der Waals surface area contributed by atoms with Crippen LogP contribution in [0, 0.1) is 12.1 Å². The van der Waals surface area contributed by atoms with Gasteiger partial charge in [-0.25, -0.2) is 4.73 Å². The summed E-state index contributed by atoms with van der Waals surface area (Å²) in [6, 6.07) is 10.6. The molecule has 0 radical (unpaired) electrons. The van der Waals surface area contributed by atoms with Gasteiger partial charge in [0.05, 0.1) is 18.0 Å². The lowest BCUT2D eigenvalue weighted by molar-refractivity contribution is -0.591. The second kappa shape index (κ2) is 7.05. The Hall–Kier alpha value is -3.12. The summed E-state index contributed by atoms with van der Waals surface area (Å²) in [5, 5.41) is 23.0. The topological polar surface area (TPSA) is 104 Å². The number of azide groups is 1. The zero-order valence-corrected chi connectivity index (χ0v) is 12.3. The van der Waals surface area contributed by atoms with Gasteiger partial charge in [0.2, 0.25) is 0 Å². The second-order valence-electron chi connectivity index (χ2n) is 4.67. The summed E-state index contributed by atoms with van der Waals surface area (Å²) < 4.78 is 0.665. The molecule has 2 aromatic rings. The average molecular weight is 297 g/mol. The molecule has 0 atom stereocenters. The molecular weight excluding hydrogens is 282 g/mol. The first-order chi connectivity index (χ1) is 10.6. The Morgan fingerprint density at radius 1 is 1.23 bits per heavy atom. The van der Waals surface area contributed by atoms with E-state index in [1.807, 2.05) is 26.1 Å². The number of aryl methyl sites for hydroxylation is 1. The first-order valence-corrected chi connectivity index (χ1v) is 6.54. The molecule has 0 bridgehead atoms. The van der Waals surface area contributed by atoms with E-state index in [9.17, 15) is 5.21 Å². The molecule has 1 heterocycles. The van der Waals surface area contributed by atoms with E-state index in [2.05, 4.69) is 20.3 Å². The van der Waals surface area contributed by atoms with E-state index in [0.717, 1.165) is 11.3 Å². The summed E-state index contributed by atoms with van der Waals surface area (Å²) in [5.74, 6) is 0.240. The van der Waals surface area contributed by atoms with Crippen LogP contribution in [-0.2, 0) is 0 Å². The van der Waals surface area contributed by atoms with Gasteiger partial charge in [-0.3, -0.25) is 0 Å². The highest BCUT2D eigenvalue weighted by Gasteiger charge is 2.05. The van der Waals surface area contributed by atoms with Crippen molar-refractivity contribution in [2.24, 2.45) is 15.3 Å². The molecule has 0 saturated carbocycles. The minimum absolute atomic E-state index is 0.240. The molecule has 0 aliphatic heterocycles. The molecule has 8 heteroatoms. The van der Waals surface area contributed by atoms with E-state index in [4.69, 9.17) is 5.53 Å². The van der Waals surface area contributed by atoms with Gasteiger partial charge in [-0.05, 0) is 53.5 Å². The molecule has 0 spiro atoms. The van der Waals surface area contributed by atoms with Crippen LogP contribution in [-0.4, -0.2) is 13.7 Å². The molecule has 22 heavy (non-hydrogen) atoms. The molecule has 112 valence electrons. The summed E-state index contributed by atoms with van der Waals surface area (Å²) >= 11 is 0. The number of nitrogens with zero attached hydrogens (tertiary/aromatic N) is 7. The van der Waals surface area contributed by atoms with E-state index in [1.165, 1.54) is 6.20 Å². The van der Waals surface area contributed by atoms with Crippen LogP contribution in [0.2, 0.25) is 0 Å². The number of rotatable bonds is 5. The van der Waals surface area contributed by atoms with Gasteiger partial charge in [-0.15, -0.1) is 0 Å². The van der Waals surface area contributed by atoms with Crippen LogP contribution in [0.3, 0.4) is 0 Å². The summed E-state index contributed by atoms with van der Waals surface area (Å²) in [7, 11) is 1.82. The summed E-state index contributed by atoms with van der Waals surface area (Å²) in [6.45, 7) is 2.13. The van der Waals surface area contributed by atoms with Crippen LogP contribution in [0.15, 0.2) is 57.9 Å². The fraction of sp³-hybridized carbons (Fsp3) is 0.214. The Balaban J connectivity index is 2.12.